The molecular formula is C25H26ClN5O7. The van der Waals surface area contributed by atoms with Crippen LogP contribution in [0.4, 0.5) is 15.3 Å². The van der Waals surface area contributed by atoms with Crippen molar-refractivity contribution in [2.45, 2.75) is 24.5 Å². The average Bonchev–Trinajstić information content (AvgIpc) is 3.21. The Hall–Kier alpha value is -4.16. The fourth-order valence-electron chi connectivity index (χ4n) is 5.23. The summed E-state index contributed by atoms with van der Waals surface area (Å²) in [6, 6.07) is 9.88. The van der Waals surface area contributed by atoms with E-state index in [0.29, 0.717) is 23.2 Å². The van der Waals surface area contributed by atoms with Crippen LogP contribution in [0.3, 0.4) is 0 Å². The lowest BCUT2D eigenvalue weighted by Gasteiger charge is -2.53. The first-order chi connectivity index (χ1) is 17.8. The Balaban J connectivity index is 0.00000336. The predicted octanol–water partition coefficient (Wildman–Crippen LogP) is 2.12. The van der Waals surface area contributed by atoms with Crippen LogP contribution in [0, 0.1) is 5.92 Å². The van der Waals surface area contributed by atoms with Gasteiger partial charge in [0.15, 0.2) is 0 Å². The summed E-state index contributed by atoms with van der Waals surface area (Å²) < 4.78 is 10.5. The van der Waals surface area contributed by atoms with Gasteiger partial charge in [-0.3, -0.25) is 24.4 Å². The summed E-state index contributed by atoms with van der Waals surface area (Å²) in [4.78, 5) is 58.4. The van der Waals surface area contributed by atoms with Gasteiger partial charge in [-0.25, -0.2) is 9.59 Å². The normalized spacial score (nSPS) is 22.1. The Morgan fingerprint density at radius 1 is 1.18 bits per heavy atom. The zero-order valence-electron chi connectivity index (χ0n) is 20.3. The van der Waals surface area contributed by atoms with Crippen molar-refractivity contribution in [1.82, 2.24) is 14.8 Å². The van der Waals surface area contributed by atoms with Crippen molar-refractivity contribution in [3.63, 3.8) is 0 Å². The highest BCUT2D eigenvalue weighted by Crippen LogP contribution is 2.49. The maximum absolute atomic E-state index is 13.2. The molecule has 3 aliphatic heterocycles. The van der Waals surface area contributed by atoms with Crippen LogP contribution in [0.5, 0.6) is 0 Å². The summed E-state index contributed by atoms with van der Waals surface area (Å²) in [5.74, 6) is -1.35. The van der Waals surface area contributed by atoms with Gasteiger partial charge in [-0.15, -0.1) is 12.4 Å². The second-order valence-electron chi connectivity index (χ2n) is 8.98. The van der Waals surface area contributed by atoms with Crippen molar-refractivity contribution >= 4 is 42.2 Å². The summed E-state index contributed by atoms with van der Waals surface area (Å²) in [5.41, 5.74) is 7.79. The average molecular weight is 544 g/mol. The number of nitrogens with zero attached hydrogens (tertiary/aromatic N) is 4. The minimum Gasteiger partial charge on any atom is -0.449 e. The number of carboxylic acid groups (broad SMARTS) is 1. The van der Waals surface area contributed by atoms with E-state index in [-0.39, 0.29) is 43.3 Å². The molecular weight excluding hydrogens is 518 g/mol. The van der Waals surface area contributed by atoms with Gasteiger partial charge in [-0.1, -0.05) is 30.3 Å². The molecule has 4 atom stereocenters. The number of hydrogen-bond donors (Lipinski definition) is 2. The van der Waals surface area contributed by atoms with E-state index in [1.54, 1.807) is 36.4 Å². The molecule has 38 heavy (non-hydrogen) atoms. The van der Waals surface area contributed by atoms with E-state index in [1.807, 2.05) is 6.07 Å². The molecule has 5 rings (SSSR count). The summed E-state index contributed by atoms with van der Waals surface area (Å²) in [6.07, 6.45) is 1.21. The number of halogens is 1. The highest BCUT2D eigenvalue weighted by atomic mass is 35.5. The Morgan fingerprint density at radius 2 is 1.87 bits per heavy atom. The lowest BCUT2D eigenvalue weighted by molar-refractivity contribution is -0.170. The number of carbonyl (C=O) groups is 4. The largest absolute Gasteiger partial charge is 0.512 e. The molecule has 0 saturated carbocycles. The van der Waals surface area contributed by atoms with E-state index in [4.69, 9.17) is 15.2 Å². The fraction of sp³-hybridized carbons (Fsp3) is 0.320. The molecule has 12 nitrogen and oxygen atoms in total. The third-order valence-electron chi connectivity index (χ3n) is 7.05. The number of rotatable bonds is 6. The highest BCUT2D eigenvalue weighted by molar-refractivity contribution is 5.97. The van der Waals surface area contributed by atoms with Crippen LogP contribution in [-0.4, -0.2) is 76.2 Å². The predicted molar refractivity (Wildman–Crippen MR) is 135 cm³/mol. The van der Waals surface area contributed by atoms with Gasteiger partial charge < -0.3 is 25.2 Å². The number of nitrogens with two attached hydrogens (primary N) is 1. The second-order valence-corrected chi connectivity index (χ2v) is 8.98. The molecule has 1 unspecified atom stereocenters. The van der Waals surface area contributed by atoms with E-state index in [2.05, 4.69) is 4.98 Å². The quantitative estimate of drug-likeness (QED) is 0.411. The smallest absolute Gasteiger partial charge is 0.449 e. The Labute approximate surface area is 224 Å². The first-order valence-corrected chi connectivity index (χ1v) is 11.7. The van der Waals surface area contributed by atoms with Crippen molar-refractivity contribution in [3.8, 4) is 0 Å². The van der Waals surface area contributed by atoms with Gasteiger partial charge in [-0.05, 0) is 24.1 Å². The van der Waals surface area contributed by atoms with Crippen molar-refractivity contribution < 1.29 is 33.8 Å². The number of hydrogen-bond acceptors (Lipinski definition) is 8. The van der Waals surface area contributed by atoms with Crippen molar-refractivity contribution in [2.75, 3.05) is 25.1 Å². The minimum atomic E-state index is -1.60. The summed E-state index contributed by atoms with van der Waals surface area (Å²) >= 11 is 0. The van der Waals surface area contributed by atoms with Crippen LogP contribution >= 0.6 is 12.4 Å². The van der Waals surface area contributed by atoms with E-state index in [9.17, 15) is 24.3 Å². The summed E-state index contributed by atoms with van der Waals surface area (Å²) in [6.45, 7) is -0.0362. The molecule has 4 heterocycles. The van der Waals surface area contributed by atoms with Crippen LogP contribution in [0.2, 0.25) is 0 Å². The molecule has 2 aromatic rings. The number of amides is 3. The highest BCUT2D eigenvalue weighted by Gasteiger charge is 2.64. The molecule has 13 heteroatoms. The van der Waals surface area contributed by atoms with Gasteiger partial charge in [0.2, 0.25) is 11.8 Å². The first kappa shape index (κ1) is 26.9. The lowest BCUT2D eigenvalue weighted by Crippen LogP contribution is -2.74. The van der Waals surface area contributed by atoms with E-state index in [1.165, 1.54) is 34.1 Å². The fourth-order valence-corrected chi connectivity index (χ4v) is 5.23. The van der Waals surface area contributed by atoms with Gasteiger partial charge in [0, 0.05) is 43.2 Å². The molecule has 2 fully saturated rings. The van der Waals surface area contributed by atoms with Crippen molar-refractivity contribution in [2.24, 2.45) is 11.7 Å². The number of benzene rings is 1. The zero-order valence-corrected chi connectivity index (χ0v) is 21.1. The molecule has 0 aliphatic carbocycles. The number of β-lactam (4-membered cyclic amide) rings is 1. The Bertz CT molecular complexity index is 1280. The zero-order chi connectivity index (χ0) is 26.3. The van der Waals surface area contributed by atoms with Crippen molar-refractivity contribution in [3.05, 3.63) is 71.9 Å². The second kappa shape index (κ2) is 10.7. The van der Waals surface area contributed by atoms with Crippen LogP contribution < -0.4 is 10.6 Å². The number of anilines is 1. The maximum atomic E-state index is 13.2. The number of likely N-dealkylation sites (tertiary alicyclic amines) is 1. The van der Waals surface area contributed by atoms with Crippen LogP contribution in [-0.2, 0) is 19.1 Å². The molecule has 1 aromatic heterocycles. The number of aromatic nitrogens is 1. The molecule has 0 bridgehead atoms. The molecule has 3 amide bonds. The van der Waals surface area contributed by atoms with Crippen molar-refractivity contribution in [1.29, 1.82) is 0 Å². The van der Waals surface area contributed by atoms with Crippen LogP contribution in [0.15, 0.2) is 66.3 Å². The number of pyridine rings is 1. The third-order valence-corrected chi connectivity index (χ3v) is 7.05. The summed E-state index contributed by atoms with van der Waals surface area (Å²) in [7, 11) is 1.53. The SMILES string of the molecule is CN(C(=O)OCC1=C(OC(=O)O)N2C(=O)[C@@H]3[C@H]2C1CCN3C(=O)[C@H](N)c1ccccc1)c1ccncc1.Cl. The molecule has 0 spiro atoms. The van der Waals surface area contributed by atoms with Gasteiger partial charge in [0.1, 0.15) is 18.7 Å². The molecule has 3 N–H and O–H groups in total. The molecule has 1 aromatic carbocycles. The topological polar surface area (TPSA) is 156 Å². The van der Waals surface area contributed by atoms with Crippen LogP contribution in [0.1, 0.15) is 18.0 Å². The maximum Gasteiger partial charge on any atom is 0.512 e. The Morgan fingerprint density at radius 3 is 2.53 bits per heavy atom. The van der Waals surface area contributed by atoms with E-state index in [0.717, 1.165) is 0 Å². The minimum absolute atomic E-state index is 0. The summed E-state index contributed by atoms with van der Waals surface area (Å²) in [5, 5.41) is 9.30. The molecule has 200 valence electrons. The molecule has 0 radical (unpaired) electrons. The molecule has 2 saturated heterocycles. The van der Waals surface area contributed by atoms with Crippen LogP contribution in [0.25, 0.3) is 0 Å². The third kappa shape index (κ3) is 4.52. The Kier molecular flexibility index (Phi) is 7.56. The van der Waals surface area contributed by atoms with Gasteiger partial charge >= 0.3 is 12.2 Å². The number of ether oxygens (including phenoxy) is 2. The van der Waals surface area contributed by atoms with E-state index < -0.39 is 36.3 Å². The number of piperidine rings is 1. The van der Waals surface area contributed by atoms with Gasteiger partial charge in [-0.2, -0.15) is 0 Å². The number of carbonyl (C=O) groups excluding carboxylic acids is 3. The van der Waals surface area contributed by atoms with E-state index >= 15 is 0 Å². The monoisotopic (exact) mass is 543 g/mol. The molecule has 3 aliphatic rings. The standard InChI is InChI=1S/C25H25N5O7.ClH/c1-28(15-7-10-27-11-8-15)24(33)36-13-17-16-9-12-29(21(31)18(26)14-5-3-2-4-6-14)20-19(16)30(22(20)32)23(17)37-25(34)35;/h2-8,10-11,16,18-20H,9,12-13,26H2,1H3,(H,34,35);1H/t16?,18-,19-,20+;/m1./s1. The van der Waals surface area contributed by atoms with Gasteiger partial charge in [0.25, 0.3) is 5.91 Å². The lowest BCUT2D eigenvalue weighted by atomic mass is 9.78. The van der Waals surface area contributed by atoms with Gasteiger partial charge in [0.05, 0.1) is 6.04 Å². The first-order valence-electron chi connectivity index (χ1n) is 11.7.